The first kappa shape index (κ1) is 13.9. The number of hydrogen-bond donors (Lipinski definition) is 2. The van der Waals surface area contributed by atoms with Crippen molar-refractivity contribution in [2.75, 3.05) is 19.8 Å². The Balaban J connectivity index is 2.58. The van der Waals surface area contributed by atoms with Gasteiger partial charge in [0, 0.05) is 13.1 Å². The van der Waals surface area contributed by atoms with Gasteiger partial charge in [0.15, 0.2) is 0 Å². The van der Waals surface area contributed by atoms with Crippen LogP contribution < -0.4 is 5.32 Å². The van der Waals surface area contributed by atoms with Gasteiger partial charge in [-0.05, 0) is 5.56 Å². The van der Waals surface area contributed by atoms with Gasteiger partial charge in [-0.15, -0.1) is 0 Å². The Hall–Kier alpha value is -2.17. The number of aliphatic hydroxyl groups excluding tert-OH is 1. The second-order valence-corrected chi connectivity index (χ2v) is 3.52. The van der Waals surface area contributed by atoms with E-state index < -0.39 is 0 Å². The first-order valence-corrected chi connectivity index (χ1v) is 5.49. The van der Waals surface area contributed by atoms with E-state index >= 15 is 0 Å². The predicted molar refractivity (Wildman–Crippen MR) is 65.5 cm³/mol. The van der Waals surface area contributed by atoms with Gasteiger partial charge in [-0.25, -0.2) is 9.59 Å². The number of rotatable bonds is 6. The zero-order valence-corrected chi connectivity index (χ0v) is 9.87. The zero-order valence-electron chi connectivity index (χ0n) is 9.87. The summed E-state index contributed by atoms with van der Waals surface area (Å²) in [5.74, 6) is 0. The molecule has 1 aromatic carbocycles. The van der Waals surface area contributed by atoms with Crippen LogP contribution in [0.15, 0.2) is 35.3 Å². The van der Waals surface area contributed by atoms with Crippen LogP contribution in [0.25, 0.3) is 0 Å². The molecule has 0 aliphatic heterocycles. The van der Waals surface area contributed by atoms with E-state index in [0.29, 0.717) is 6.54 Å². The minimum atomic E-state index is -0.382. The summed E-state index contributed by atoms with van der Waals surface area (Å²) >= 11 is 0. The molecule has 0 bridgehead atoms. The van der Waals surface area contributed by atoms with Crippen molar-refractivity contribution >= 4 is 12.1 Å². The van der Waals surface area contributed by atoms with E-state index in [-0.39, 0.29) is 25.9 Å². The number of amides is 2. The first-order chi connectivity index (χ1) is 8.77. The number of urea groups is 1. The molecule has 6 heteroatoms. The Morgan fingerprint density at radius 2 is 2.11 bits per heavy atom. The van der Waals surface area contributed by atoms with Crippen LogP contribution in [0.2, 0.25) is 0 Å². The summed E-state index contributed by atoms with van der Waals surface area (Å²) in [6, 6.07) is 9.04. The van der Waals surface area contributed by atoms with Crippen LogP contribution in [0.3, 0.4) is 0 Å². The van der Waals surface area contributed by atoms with E-state index in [1.807, 2.05) is 30.3 Å². The van der Waals surface area contributed by atoms with Crippen molar-refractivity contribution in [3.8, 4) is 0 Å². The molecule has 2 amide bonds. The van der Waals surface area contributed by atoms with E-state index in [0.717, 1.165) is 5.56 Å². The number of isocyanates is 1. The zero-order chi connectivity index (χ0) is 13.2. The molecule has 1 aromatic rings. The first-order valence-electron chi connectivity index (χ1n) is 5.49. The van der Waals surface area contributed by atoms with Crippen molar-refractivity contribution in [2.24, 2.45) is 4.99 Å². The topological polar surface area (TPSA) is 82.0 Å². The SMILES string of the molecule is O=C=NCNC(=O)N(CCO)Cc1ccccc1. The standard InChI is InChI=1S/C12H15N3O3/c16-7-6-15(12(18)14-9-13-10-17)8-11-4-2-1-3-5-11/h1-5,16H,6-9H2,(H,14,18). The maximum absolute atomic E-state index is 11.7. The lowest BCUT2D eigenvalue weighted by Crippen LogP contribution is -2.41. The molecule has 0 saturated heterocycles. The highest BCUT2D eigenvalue weighted by Gasteiger charge is 2.12. The lowest BCUT2D eigenvalue weighted by atomic mass is 10.2. The minimum Gasteiger partial charge on any atom is -0.395 e. The smallest absolute Gasteiger partial charge is 0.319 e. The van der Waals surface area contributed by atoms with Crippen molar-refractivity contribution in [2.45, 2.75) is 6.54 Å². The molecule has 0 atom stereocenters. The summed E-state index contributed by atoms with van der Waals surface area (Å²) in [5, 5.41) is 11.4. The van der Waals surface area contributed by atoms with Gasteiger partial charge < -0.3 is 15.3 Å². The second-order valence-electron chi connectivity index (χ2n) is 3.52. The molecule has 0 aliphatic rings. The summed E-state index contributed by atoms with van der Waals surface area (Å²) in [6.45, 7) is 0.361. The average molecular weight is 249 g/mol. The van der Waals surface area contributed by atoms with E-state index in [2.05, 4.69) is 10.3 Å². The predicted octanol–water partition coefficient (Wildman–Crippen LogP) is 0.484. The van der Waals surface area contributed by atoms with Crippen LogP contribution >= 0.6 is 0 Å². The van der Waals surface area contributed by atoms with Crippen LogP contribution in [0.4, 0.5) is 4.79 Å². The number of carbonyl (C=O) groups excluding carboxylic acids is 2. The molecule has 96 valence electrons. The quantitative estimate of drug-likeness (QED) is 0.568. The molecule has 0 radical (unpaired) electrons. The monoisotopic (exact) mass is 249 g/mol. The number of benzene rings is 1. The molecule has 0 unspecified atom stereocenters. The third kappa shape index (κ3) is 4.78. The number of carbonyl (C=O) groups is 1. The van der Waals surface area contributed by atoms with Gasteiger partial charge in [-0.2, -0.15) is 4.99 Å². The lowest BCUT2D eigenvalue weighted by molar-refractivity contribution is 0.174. The molecule has 0 heterocycles. The Labute approximate surface area is 105 Å². The highest BCUT2D eigenvalue weighted by atomic mass is 16.3. The van der Waals surface area contributed by atoms with Gasteiger partial charge >= 0.3 is 6.03 Å². The summed E-state index contributed by atoms with van der Waals surface area (Å²) in [7, 11) is 0. The Morgan fingerprint density at radius 3 is 2.72 bits per heavy atom. The van der Waals surface area contributed by atoms with Crippen LogP contribution in [0.5, 0.6) is 0 Å². The van der Waals surface area contributed by atoms with Gasteiger partial charge in [-0.3, -0.25) is 0 Å². The molecule has 0 saturated carbocycles. The van der Waals surface area contributed by atoms with Gasteiger partial charge in [0.2, 0.25) is 6.08 Å². The van der Waals surface area contributed by atoms with Crippen LogP contribution in [0, 0.1) is 0 Å². The van der Waals surface area contributed by atoms with Crippen molar-refractivity contribution in [3.05, 3.63) is 35.9 Å². The average Bonchev–Trinajstić information content (AvgIpc) is 2.39. The van der Waals surface area contributed by atoms with Gasteiger partial charge in [0.1, 0.15) is 6.67 Å². The van der Waals surface area contributed by atoms with Crippen molar-refractivity contribution < 1.29 is 14.7 Å². The number of nitrogens with zero attached hydrogens (tertiary/aromatic N) is 2. The van der Waals surface area contributed by atoms with Crippen molar-refractivity contribution in [3.63, 3.8) is 0 Å². The summed E-state index contributed by atoms with van der Waals surface area (Å²) in [4.78, 5) is 26.3. The maximum atomic E-state index is 11.7. The normalized spacial score (nSPS) is 9.39. The number of nitrogens with one attached hydrogen (secondary N) is 1. The lowest BCUT2D eigenvalue weighted by Gasteiger charge is -2.21. The van der Waals surface area contributed by atoms with Gasteiger partial charge in [0.25, 0.3) is 0 Å². The molecular formula is C12H15N3O3. The van der Waals surface area contributed by atoms with Gasteiger partial charge in [-0.1, -0.05) is 30.3 Å². The molecule has 1 rings (SSSR count). The van der Waals surface area contributed by atoms with Crippen molar-refractivity contribution in [1.82, 2.24) is 10.2 Å². The fraction of sp³-hybridized carbons (Fsp3) is 0.333. The third-order valence-electron chi connectivity index (χ3n) is 2.25. The molecule has 18 heavy (non-hydrogen) atoms. The van der Waals surface area contributed by atoms with Crippen molar-refractivity contribution in [1.29, 1.82) is 0 Å². The van der Waals surface area contributed by atoms with E-state index in [9.17, 15) is 9.59 Å². The second kappa shape index (κ2) is 8.00. The molecular weight excluding hydrogens is 234 g/mol. The fourth-order valence-electron chi connectivity index (χ4n) is 1.43. The third-order valence-corrected chi connectivity index (χ3v) is 2.25. The number of aliphatic imine (C=N–C) groups is 1. The molecule has 2 N–H and O–H groups in total. The van der Waals surface area contributed by atoms with Crippen LogP contribution in [-0.4, -0.2) is 41.9 Å². The molecule has 0 spiro atoms. The highest BCUT2D eigenvalue weighted by molar-refractivity contribution is 5.74. The number of hydrogen-bond acceptors (Lipinski definition) is 4. The number of aliphatic hydroxyl groups is 1. The molecule has 0 aromatic heterocycles. The summed E-state index contributed by atoms with van der Waals surface area (Å²) < 4.78 is 0. The minimum absolute atomic E-state index is 0.112. The Morgan fingerprint density at radius 1 is 1.39 bits per heavy atom. The Bertz CT molecular complexity index is 416. The maximum Gasteiger partial charge on any atom is 0.319 e. The summed E-state index contributed by atoms with van der Waals surface area (Å²) in [5.41, 5.74) is 0.958. The highest BCUT2D eigenvalue weighted by Crippen LogP contribution is 2.04. The van der Waals surface area contributed by atoms with E-state index in [1.165, 1.54) is 11.0 Å². The van der Waals surface area contributed by atoms with Crippen LogP contribution in [0.1, 0.15) is 5.56 Å². The van der Waals surface area contributed by atoms with Gasteiger partial charge in [0.05, 0.1) is 6.61 Å². The van der Waals surface area contributed by atoms with Crippen LogP contribution in [-0.2, 0) is 11.3 Å². The largest absolute Gasteiger partial charge is 0.395 e. The fourth-order valence-corrected chi connectivity index (χ4v) is 1.43. The van der Waals surface area contributed by atoms with E-state index in [4.69, 9.17) is 5.11 Å². The Kier molecular flexibility index (Phi) is 6.17. The molecule has 6 nitrogen and oxygen atoms in total. The molecule has 0 fully saturated rings. The van der Waals surface area contributed by atoms with E-state index in [1.54, 1.807) is 0 Å². The summed E-state index contributed by atoms with van der Waals surface area (Å²) in [6.07, 6.45) is 1.34. The molecule has 0 aliphatic carbocycles.